The molecule has 1 unspecified atom stereocenters. The first-order valence-electron chi connectivity index (χ1n) is 7.34. The smallest absolute Gasteiger partial charge is 0.220 e. The van der Waals surface area contributed by atoms with E-state index in [1.165, 1.54) is 51.4 Å². The van der Waals surface area contributed by atoms with Crippen LogP contribution in [0, 0.1) is 5.92 Å². The van der Waals surface area contributed by atoms with Gasteiger partial charge in [-0.05, 0) is 38.1 Å². The minimum absolute atomic E-state index is 0. The van der Waals surface area contributed by atoms with Crippen LogP contribution in [-0.2, 0) is 4.79 Å². The van der Waals surface area contributed by atoms with Gasteiger partial charge in [-0.2, -0.15) is 0 Å². The van der Waals surface area contributed by atoms with Crippen LogP contribution in [0.15, 0.2) is 0 Å². The Bertz CT molecular complexity index is 234. The Kier molecular flexibility index (Phi) is 7.68. The third-order valence-corrected chi connectivity index (χ3v) is 4.16. The fourth-order valence-corrected chi connectivity index (χ4v) is 3.07. The molecule has 2 N–H and O–H groups in total. The molecule has 1 heterocycles. The third kappa shape index (κ3) is 5.57. The summed E-state index contributed by atoms with van der Waals surface area (Å²) >= 11 is 0. The lowest BCUT2D eigenvalue weighted by molar-refractivity contribution is -0.122. The number of nitrogens with one attached hydrogen (secondary N) is 2. The van der Waals surface area contributed by atoms with Gasteiger partial charge in [-0.25, -0.2) is 0 Å². The second-order valence-corrected chi connectivity index (χ2v) is 5.66. The first-order chi connectivity index (χ1) is 8.34. The molecule has 0 radical (unpaired) electrons. The van der Waals surface area contributed by atoms with Crippen molar-refractivity contribution in [1.82, 2.24) is 10.6 Å². The summed E-state index contributed by atoms with van der Waals surface area (Å²) in [5.41, 5.74) is 0. The SMILES string of the molecule is Cl.O=C(CC1CCCCCC1)NCC1CCCN1. The van der Waals surface area contributed by atoms with Crippen molar-refractivity contribution in [3.05, 3.63) is 0 Å². The molecule has 0 spiro atoms. The number of halogens is 1. The van der Waals surface area contributed by atoms with Crippen molar-refractivity contribution in [2.45, 2.75) is 63.8 Å². The van der Waals surface area contributed by atoms with Crippen LogP contribution in [0.4, 0.5) is 0 Å². The number of rotatable bonds is 4. The predicted octanol–water partition coefficient (Wildman–Crippen LogP) is 2.64. The van der Waals surface area contributed by atoms with E-state index in [-0.39, 0.29) is 18.3 Å². The Morgan fingerprint density at radius 2 is 1.78 bits per heavy atom. The van der Waals surface area contributed by atoms with Gasteiger partial charge in [0.15, 0.2) is 0 Å². The summed E-state index contributed by atoms with van der Waals surface area (Å²) in [5.74, 6) is 0.916. The van der Waals surface area contributed by atoms with E-state index in [9.17, 15) is 4.79 Å². The molecule has 106 valence electrons. The summed E-state index contributed by atoms with van der Waals surface area (Å²) in [7, 11) is 0. The van der Waals surface area contributed by atoms with Crippen LogP contribution < -0.4 is 10.6 Å². The summed E-state index contributed by atoms with van der Waals surface area (Å²) in [6.07, 6.45) is 11.1. The maximum atomic E-state index is 11.8. The van der Waals surface area contributed by atoms with Gasteiger partial charge < -0.3 is 10.6 Å². The van der Waals surface area contributed by atoms with Crippen LogP contribution in [0.5, 0.6) is 0 Å². The normalized spacial score (nSPS) is 25.2. The molecule has 2 rings (SSSR count). The molecule has 1 amide bonds. The summed E-state index contributed by atoms with van der Waals surface area (Å²) < 4.78 is 0. The second kappa shape index (κ2) is 8.76. The maximum Gasteiger partial charge on any atom is 0.220 e. The minimum Gasteiger partial charge on any atom is -0.355 e. The van der Waals surface area contributed by atoms with E-state index in [4.69, 9.17) is 0 Å². The van der Waals surface area contributed by atoms with E-state index in [2.05, 4.69) is 10.6 Å². The predicted molar refractivity (Wildman–Crippen MR) is 77.1 cm³/mol. The van der Waals surface area contributed by atoms with Gasteiger partial charge in [-0.15, -0.1) is 12.4 Å². The largest absolute Gasteiger partial charge is 0.355 e. The van der Waals surface area contributed by atoms with Gasteiger partial charge in [-0.3, -0.25) is 4.79 Å². The Hall–Kier alpha value is -0.280. The summed E-state index contributed by atoms with van der Waals surface area (Å²) in [6.45, 7) is 1.94. The van der Waals surface area contributed by atoms with Gasteiger partial charge >= 0.3 is 0 Å². The average Bonchev–Trinajstić information content (AvgIpc) is 2.72. The lowest BCUT2D eigenvalue weighted by atomic mass is 9.96. The number of carbonyl (C=O) groups excluding carboxylic acids is 1. The molecular weight excluding hydrogens is 248 g/mol. The highest BCUT2D eigenvalue weighted by molar-refractivity contribution is 5.85. The van der Waals surface area contributed by atoms with Crippen molar-refractivity contribution in [2.24, 2.45) is 5.92 Å². The quantitative estimate of drug-likeness (QED) is 0.774. The van der Waals surface area contributed by atoms with E-state index in [1.807, 2.05) is 0 Å². The monoisotopic (exact) mass is 274 g/mol. The van der Waals surface area contributed by atoms with Crippen molar-refractivity contribution in [1.29, 1.82) is 0 Å². The first kappa shape index (κ1) is 15.8. The Labute approximate surface area is 117 Å². The van der Waals surface area contributed by atoms with Crippen LogP contribution >= 0.6 is 12.4 Å². The highest BCUT2D eigenvalue weighted by atomic mass is 35.5. The lowest BCUT2D eigenvalue weighted by Crippen LogP contribution is -2.37. The topological polar surface area (TPSA) is 41.1 Å². The fraction of sp³-hybridized carbons (Fsp3) is 0.929. The van der Waals surface area contributed by atoms with Crippen molar-refractivity contribution < 1.29 is 4.79 Å². The van der Waals surface area contributed by atoms with Gasteiger partial charge in [-0.1, -0.05) is 25.7 Å². The zero-order chi connectivity index (χ0) is 11.9. The molecule has 1 aliphatic heterocycles. The zero-order valence-electron chi connectivity index (χ0n) is 11.2. The molecule has 1 aliphatic carbocycles. The number of hydrogen-bond acceptors (Lipinski definition) is 2. The molecule has 1 atom stereocenters. The fourth-order valence-electron chi connectivity index (χ4n) is 3.07. The van der Waals surface area contributed by atoms with Crippen molar-refractivity contribution in [2.75, 3.05) is 13.1 Å². The van der Waals surface area contributed by atoms with E-state index in [0.717, 1.165) is 19.5 Å². The Balaban J connectivity index is 0.00000162. The van der Waals surface area contributed by atoms with Gasteiger partial charge in [0.05, 0.1) is 0 Å². The van der Waals surface area contributed by atoms with Crippen molar-refractivity contribution in [3.8, 4) is 0 Å². The van der Waals surface area contributed by atoms with E-state index in [1.54, 1.807) is 0 Å². The number of hydrogen-bond donors (Lipinski definition) is 2. The van der Waals surface area contributed by atoms with Crippen LogP contribution in [0.3, 0.4) is 0 Å². The number of carbonyl (C=O) groups is 1. The average molecular weight is 275 g/mol. The molecular formula is C14H27ClN2O. The van der Waals surface area contributed by atoms with Gasteiger partial charge in [0.25, 0.3) is 0 Å². The highest BCUT2D eigenvalue weighted by Crippen LogP contribution is 2.25. The maximum absolute atomic E-state index is 11.8. The molecule has 1 saturated carbocycles. The Morgan fingerprint density at radius 1 is 1.06 bits per heavy atom. The van der Waals surface area contributed by atoms with Crippen molar-refractivity contribution >= 4 is 18.3 Å². The summed E-state index contributed by atoms with van der Waals surface area (Å²) in [6, 6.07) is 0.521. The summed E-state index contributed by atoms with van der Waals surface area (Å²) in [4.78, 5) is 11.8. The molecule has 2 aliphatic rings. The third-order valence-electron chi connectivity index (χ3n) is 4.16. The van der Waals surface area contributed by atoms with Gasteiger partial charge in [0, 0.05) is 19.0 Å². The summed E-state index contributed by atoms with van der Waals surface area (Å²) in [5, 5.41) is 6.50. The molecule has 3 nitrogen and oxygen atoms in total. The molecule has 0 aromatic heterocycles. The molecule has 1 saturated heterocycles. The second-order valence-electron chi connectivity index (χ2n) is 5.66. The molecule has 0 aromatic carbocycles. The van der Waals surface area contributed by atoms with Crippen LogP contribution in [0.1, 0.15) is 57.8 Å². The molecule has 18 heavy (non-hydrogen) atoms. The molecule has 4 heteroatoms. The van der Waals surface area contributed by atoms with Crippen molar-refractivity contribution in [3.63, 3.8) is 0 Å². The molecule has 0 aromatic rings. The standard InChI is InChI=1S/C14H26N2O.ClH/c17-14(16-11-13-8-5-9-15-13)10-12-6-3-1-2-4-7-12;/h12-13,15H,1-11H2,(H,16,17);1H. The van der Waals surface area contributed by atoms with Gasteiger partial charge in [0.1, 0.15) is 0 Å². The molecule has 2 fully saturated rings. The van der Waals surface area contributed by atoms with E-state index in [0.29, 0.717) is 12.0 Å². The highest BCUT2D eigenvalue weighted by Gasteiger charge is 2.18. The van der Waals surface area contributed by atoms with Crippen LogP contribution in [0.25, 0.3) is 0 Å². The molecule has 0 bridgehead atoms. The van der Waals surface area contributed by atoms with E-state index < -0.39 is 0 Å². The first-order valence-corrected chi connectivity index (χ1v) is 7.34. The minimum atomic E-state index is 0. The number of amides is 1. The zero-order valence-corrected chi connectivity index (χ0v) is 12.1. The van der Waals surface area contributed by atoms with E-state index >= 15 is 0 Å². The Morgan fingerprint density at radius 3 is 2.39 bits per heavy atom. The lowest BCUT2D eigenvalue weighted by Gasteiger charge is -2.15. The van der Waals surface area contributed by atoms with Crippen LogP contribution in [-0.4, -0.2) is 25.0 Å². The van der Waals surface area contributed by atoms with Gasteiger partial charge in [0.2, 0.25) is 5.91 Å². The van der Waals surface area contributed by atoms with Crippen LogP contribution in [0.2, 0.25) is 0 Å².